The summed E-state index contributed by atoms with van der Waals surface area (Å²) in [5, 5.41) is 18.7. The number of halogens is 3. The fraction of sp³-hybridized carbons (Fsp3) is 0.333. The summed E-state index contributed by atoms with van der Waals surface area (Å²) in [5.41, 5.74) is 7.80. The second-order valence-corrected chi connectivity index (χ2v) is 8.33. The van der Waals surface area contributed by atoms with E-state index in [9.17, 15) is 9.18 Å². The van der Waals surface area contributed by atoms with Crippen LogP contribution in [0.15, 0.2) is 24.4 Å². The molecule has 0 unspecified atom stereocenters. The van der Waals surface area contributed by atoms with Gasteiger partial charge in [-0.3, -0.25) is 14.8 Å². The zero-order chi connectivity index (χ0) is 23.4. The van der Waals surface area contributed by atoms with Gasteiger partial charge in [-0.05, 0) is 43.6 Å². The van der Waals surface area contributed by atoms with Crippen LogP contribution in [0.25, 0.3) is 0 Å². The maximum absolute atomic E-state index is 13.7. The van der Waals surface area contributed by atoms with Crippen molar-refractivity contribution in [1.82, 2.24) is 25.7 Å². The summed E-state index contributed by atoms with van der Waals surface area (Å²) in [5.74, 6) is 0.181. The lowest BCUT2D eigenvalue weighted by atomic mass is 9.94. The molecule has 12 heteroatoms. The first-order valence-corrected chi connectivity index (χ1v) is 11.1. The van der Waals surface area contributed by atoms with Crippen molar-refractivity contribution in [2.45, 2.75) is 25.2 Å². The van der Waals surface area contributed by atoms with Gasteiger partial charge in [-0.15, -0.1) is 10.2 Å². The van der Waals surface area contributed by atoms with E-state index in [2.05, 4.69) is 25.7 Å². The van der Waals surface area contributed by atoms with Crippen LogP contribution >= 0.6 is 23.2 Å². The Labute approximate surface area is 199 Å². The van der Waals surface area contributed by atoms with Gasteiger partial charge in [0.2, 0.25) is 6.41 Å². The highest BCUT2D eigenvalue weighted by atomic mass is 35.5. The molecule has 1 aromatic carbocycles. The van der Waals surface area contributed by atoms with Crippen LogP contribution in [0.3, 0.4) is 0 Å². The van der Waals surface area contributed by atoms with Crippen LogP contribution in [0.5, 0.6) is 5.75 Å². The summed E-state index contributed by atoms with van der Waals surface area (Å²) in [6.07, 6.45) is 4.32. The third-order valence-electron chi connectivity index (χ3n) is 5.53. The second-order valence-electron chi connectivity index (χ2n) is 7.54. The molecule has 0 aliphatic carbocycles. The number of hydrogen-bond acceptors (Lipinski definition) is 7. The van der Waals surface area contributed by atoms with Gasteiger partial charge in [0.05, 0.1) is 29.2 Å². The molecule has 1 saturated heterocycles. The number of benzene rings is 1. The smallest absolute Gasteiger partial charge is 0.220 e. The lowest BCUT2D eigenvalue weighted by Crippen LogP contribution is -2.28. The molecular weight excluding hydrogens is 472 g/mol. The highest BCUT2D eigenvalue weighted by Crippen LogP contribution is 2.35. The lowest BCUT2D eigenvalue weighted by molar-refractivity contribution is -0.106. The standard InChI is InChI=1S/C21H22Cl2FN7O2/c22-14-1-2-15(24)19(23)13(14)5-8-33-17-9-18(28-30-21(17)25)31(11-32)16-10-27-29-20(16)12-3-6-26-7-4-12/h1-2,9-12,26H,3-8H2,(H2,25,30)(H,27,29). The molecular formula is C21H22Cl2FN7O2. The van der Waals surface area contributed by atoms with Crippen molar-refractivity contribution in [1.29, 1.82) is 0 Å². The number of nitrogens with zero attached hydrogens (tertiary/aromatic N) is 4. The maximum Gasteiger partial charge on any atom is 0.220 e. The lowest BCUT2D eigenvalue weighted by Gasteiger charge is -2.24. The van der Waals surface area contributed by atoms with Crippen molar-refractivity contribution >= 4 is 46.9 Å². The zero-order valence-electron chi connectivity index (χ0n) is 17.5. The molecule has 0 radical (unpaired) electrons. The summed E-state index contributed by atoms with van der Waals surface area (Å²) >= 11 is 12.1. The van der Waals surface area contributed by atoms with Crippen LogP contribution in [0.4, 0.5) is 21.7 Å². The second kappa shape index (κ2) is 10.3. The van der Waals surface area contributed by atoms with Crippen LogP contribution in [0.2, 0.25) is 10.0 Å². The van der Waals surface area contributed by atoms with E-state index in [1.54, 1.807) is 6.20 Å². The minimum atomic E-state index is -0.560. The van der Waals surface area contributed by atoms with Gasteiger partial charge in [-0.25, -0.2) is 4.39 Å². The number of amides is 1. The van der Waals surface area contributed by atoms with E-state index in [1.807, 2.05) is 0 Å². The Kier molecular flexibility index (Phi) is 7.26. The first-order chi connectivity index (χ1) is 16.0. The summed E-state index contributed by atoms with van der Waals surface area (Å²) in [4.78, 5) is 13.4. The van der Waals surface area contributed by atoms with Crippen LogP contribution in [-0.4, -0.2) is 46.5 Å². The normalized spacial score (nSPS) is 14.3. The fourth-order valence-electron chi connectivity index (χ4n) is 3.80. The van der Waals surface area contributed by atoms with Gasteiger partial charge in [0, 0.05) is 23.4 Å². The van der Waals surface area contributed by atoms with Gasteiger partial charge < -0.3 is 15.8 Å². The Hall–Kier alpha value is -2.95. The molecule has 0 spiro atoms. The predicted octanol–water partition coefficient (Wildman–Crippen LogP) is 3.61. The molecule has 2 aromatic heterocycles. The largest absolute Gasteiger partial charge is 0.489 e. The molecule has 9 nitrogen and oxygen atoms in total. The van der Waals surface area contributed by atoms with Crippen LogP contribution in [0.1, 0.15) is 30.0 Å². The first kappa shape index (κ1) is 23.2. The van der Waals surface area contributed by atoms with E-state index in [4.69, 9.17) is 33.7 Å². The Morgan fingerprint density at radius 1 is 1.27 bits per heavy atom. The Morgan fingerprint density at radius 2 is 2.06 bits per heavy atom. The Balaban J connectivity index is 1.53. The average molecular weight is 494 g/mol. The quantitative estimate of drug-likeness (QED) is 0.323. The molecule has 1 aliphatic rings. The molecule has 0 atom stereocenters. The van der Waals surface area contributed by atoms with Gasteiger partial charge in [0.1, 0.15) is 5.82 Å². The molecule has 4 rings (SSSR count). The number of H-pyrrole nitrogens is 1. The summed E-state index contributed by atoms with van der Waals surface area (Å²) in [6.45, 7) is 1.89. The van der Waals surface area contributed by atoms with Crippen molar-refractivity contribution in [2.24, 2.45) is 0 Å². The summed E-state index contributed by atoms with van der Waals surface area (Å²) in [7, 11) is 0. The van der Waals surface area contributed by atoms with Crippen LogP contribution in [0, 0.1) is 5.82 Å². The molecule has 0 bridgehead atoms. The van der Waals surface area contributed by atoms with Crippen LogP contribution in [-0.2, 0) is 11.2 Å². The number of ether oxygens (including phenoxy) is 1. The number of aromatic amines is 1. The number of aromatic nitrogens is 4. The Bertz CT molecular complexity index is 1140. The number of piperidine rings is 1. The minimum absolute atomic E-state index is 0.0480. The van der Waals surface area contributed by atoms with Gasteiger partial charge in [0.15, 0.2) is 17.4 Å². The molecule has 174 valence electrons. The number of rotatable bonds is 8. The van der Waals surface area contributed by atoms with Crippen molar-refractivity contribution in [2.75, 3.05) is 30.3 Å². The zero-order valence-corrected chi connectivity index (χ0v) is 19.0. The maximum atomic E-state index is 13.7. The number of nitrogen functional groups attached to an aromatic ring is 1. The van der Waals surface area contributed by atoms with E-state index in [-0.39, 0.29) is 41.4 Å². The number of nitrogens with one attached hydrogen (secondary N) is 2. The number of carbonyl (C=O) groups excluding carboxylic acids is 1. The van der Waals surface area contributed by atoms with E-state index in [1.165, 1.54) is 23.1 Å². The highest BCUT2D eigenvalue weighted by Gasteiger charge is 2.25. The van der Waals surface area contributed by atoms with Crippen molar-refractivity contribution in [3.8, 4) is 5.75 Å². The van der Waals surface area contributed by atoms with Gasteiger partial charge in [0.25, 0.3) is 0 Å². The minimum Gasteiger partial charge on any atom is -0.489 e. The van der Waals surface area contributed by atoms with Gasteiger partial charge >= 0.3 is 0 Å². The molecule has 3 heterocycles. The SMILES string of the molecule is Nc1nnc(N(C=O)c2cn[nH]c2C2CCNCC2)cc1OCCc1c(Cl)ccc(F)c1Cl. The molecule has 0 saturated carbocycles. The molecule has 1 amide bonds. The molecule has 4 N–H and O–H groups in total. The monoisotopic (exact) mass is 493 g/mol. The Morgan fingerprint density at radius 3 is 2.82 bits per heavy atom. The van der Waals surface area contributed by atoms with Crippen molar-refractivity contribution in [3.63, 3.8) is 0 Å². The van der Waals surface area contributed by atoms with Crippen molar-refractivity contribution < 1.29 is 13.9 Å². The molecule has 1 aliphatic heterocycles. The summed E-state index contributed by atoms with van der Waals surface area (Å²) < 4.78 is 19.5. The fourth-order valence-corrected chi connectivity index (χ4v) is 4.36. The van der Waals surface area contributed by atoms with Gasteiger partial charge in [-0.1, -0.05) is 23.2 Å². The van der Waals surface area contributed by atoms with E-state index < -0.39 is 5.82 Å². The first-order valence-electron chi connectivity index (χ1n) is 10.4. The van der Waals surface area contributed by atoms with E-state index >= 15 is 0 Å². The number of hydrogen-bond donors (Lipinski definition) is 3. The molecule has 1 fully saturated rings. The third-order valence-corrected chi connectivity index (χ3v) is 6.29. The summed E-state index contributed by atoms with van der Waals surface area (Å²) in [6, 6.07) is 4.16. The average Bonchev–Trinajstić information content (AvgIpc) is 3.31. The number of carbonyl (C=O) groups is 1. The predicted molar refractivity (Wildman–Crippen MR) is 124 cm³/mol. The number of anilines is 3. The number of nitrogens with two attached hydrogens (primary N) is 1. The topological polar surface area (TPSA) is 122 Å². The van der Waals surface area contributed by atoms with E-state index in [0.717, 1.165) is 31.6 Å². The van der Waals surface area contributed by atoms with Gasteiger partial charge in [-0.2, -0.15) is 5.10 Å². The molecule has 3 aromatic rings. The van der Waals surface area contributed by atoms with E-state index in [0.29, 0.717) is 22.7 Å². The highest BCUT2D eigenvalue weighted by molar-refractivity contribution is 6.36. The van der Waals surface area contributed by atoms with Crippen LogP contribution < -0.4 is 20.7 Å². The molecule has 33 heavy (non-hydrogen) atoms. The van der Waals surface area contributed by atoms with Crippen molar-refractivity contribution in [3.05, 3.63) is 51.5 Å². The third kappa shape index (κ3) is 5.02.